The zero-order chi connectivity index (χ0) is 13.2. The molecule has 0 saturated heterocycles. The summed E-state index contributed by atoms with van der Waals surface area (Å²) in [6.45, 7) is 5.01. The van der Waals surface area contributed by atoms with Gasteiger partial charge in [0.1, 0.15) is 11.9 Å². The minimum absolute atomic E-state index is 0.464. The number of imidazole rings is 1. The van der Waals surface area contributed by atoms with Crippen LogP contribution in [-0.2, 0) is 6.54 Å². The van der Waals surface area contributed by atoms with E-state index in [0.717, 1.165) is 12.4 Å². The first-order valence-electron chi connectivity index (χ1n) is 7.44. The molecule has 1 atom stereocenters. The van der Waals surface area contributed by atoms with Gasteiger partial charge in [0.25, 0.3) is 0 Å². The lowest BCUT2D eigenvalue weighted by molar-refractivity contribution is 0.183. The molecule has 0 bridgehead atoms. The van der Waals surface area contributed by atoms with Crippen molar-refractivity contribution in [2.75, 3.05) is 0 Å². The number of nitrogens with zero attached hydrogens (tertiary/aromatic N) is 2. The average molecular weight is 252 g/mol. The molecule has 18 heavy (non-hydrogen) atoms. The highest BCUT2D eigenvalue weighted by atomic mass is 16.3. The number of aromatic nitrogens is 2. The van der Waals surface area contributed by atoms with E-state index in [0.29, 0.717) is 0 Å². The monoisotopic (exact) mass is 252 g/mol. The molecule has 0 aliphatic heterocycles. The molecule has 0 aliphatic carbocycles. The number of aryl methyl sites for hydroxylation is 1. The number of hydrogen-bond donors (Lipinski definition) is 1. The first-order valence-corrected chi connectivity index (χ1v) is 7.44. The Balaban J connectivity index is 2.05. The lowest BCUT2D eigenvalue weighted by atomic mass is 10.1. The van der Waals surface area contributed by atoms with Crippen molar-refractivity contribution in [3.63, 3.8) is 0 Å². The molecular weight excluding hydrogens is 224 g/mol. The van der Waals surface area contributed by atoms with Gasteiger partial charge in [-0.2, -0.15) is 0 Å². The highest BCUT2D eigenvalue weighted by molar-refractivity contribution is 4.94. The molecule has 1 aromatic rings. The Labute approximate surface area is 111 Å². The molecule has 0 amide bonds. The smallest absolute Gasteiger partial charge is 0.137 e. The maximum atomic E-state index is 9.53. The van der Waals surface area contributed by atoms with Crippen molar-refractivity contribution in [3.8, 4) is 0 Å². The Bertz CT molecular complexity index is 307. The molecular formula is C15H28N2O. The maximum absolute atomic E-state index is 9.53. The quantitative estimate of drug-likeness (QED) is 0.637. The van der Waals surface area contributed by atoms with E-state index in [9.17, 15) is 5.11 Å². The van der Waals surface area contributed by atoms with Crippen LogP contribution >= 0.6 is 0 Å². The number of rotatable bonds is 10. The molecule has 1 unspecified atom stereocenters. The van der Waals surface area contributed by atoms with Crippen molar-refractivity contribution in [3.05, 3.63) is 18.2 Å². The number of unbranched alkanes of at least 4 members (excludes halogenated alkanes) is 7. The largest absolute Gasteiger partial charge is 0.385 e. The number of aliphatic hydroxyl groups is 1. The molecule has 1 N–H and O–H groups in total. The van der Waals surface area contributed by atoms with E-state index in [1.807, 2.05) is 6.20 Å². The third kappa shape index (κ3) is 5.67. The third-order valence-electron chi connectivity index (χ3n) is 3.37. The summed E-state index contributed by atoms with van der Waals surface area (Å²) in [5.74, 6) is 0.790. The Morgan fingerprint density at radius 1 is 1.11 bits per heavy atom. The molecule has 0 radical (unpaired) electrons. The lowest BCUT2D eigenvalue weighted by Gasteiger charge is -2.09. The average Bonchev–Trinajstić information content (AvgIpc) is 2.81. The van der Waals surface area contributed by atoms with E-state index >= 15 is 0 Å². The summed E-state index contributed by atoms with van der Waals surface area (Å²) >= 11 is 0. The SMILES string of the molecule is CCCCCCCCCCn1ccnc1C(C)O. The molecule has 0 spiro atoms. The topological polar surface area (TPSA) is 38.0 Å². The zero-order valence-electron chi connectivity index (χ0n) is 11.9. The molecule has 3 heteroatoms. The van der Waals surface area contributed by atoms with Gasteiger partial charge in [-0.05, 0) is 13.3 Å². The van der Waals surface area contributed by atoms with Gasteiger partial charge in [-0.1, -0.05) is 51.9 Å². The van der Waals surface area contributed by atoms with Gasteiger partial charge in [0.2, 0.25) is 0 Å². The predicted molar refractivity (Wildman–Crippen MR) is 75.5 cm³/mol. The molecule has 0 saturated carbocycles. The lowest BCUT2D eigenvalue weighted by Crippen LogP contribution is -2.06. The minimum atomic E-state index is -0.464. The molecule has 1 heterocycles. The highest BCUT2D eigenvalue weighted by Gasteiger charge is 2.07. The van der Waals surface area contributed by atoms with Crippen LogP contribution in [0.25, 0.3) is 0 Å². The fraction of sp³-hybridized carbons (Fsp3) is 0.800. The van der Waals surface area contributed by atoms with Crippen LogP contribution in [0.5, 0.6) is 0 Å². The van der Waals surface area contributed by atoms with Crippen molar-refractivity contribution in [1.29, 1.82) is 0 Å². The second-order valence-corrected chi connectivity index (χ2v) is 5.13. The summed E-state index contributed by atoms with van der Waals surface area (Å²) < 4.78 is 2.07. The van der Waals surface area contributed by atoms with Gasteiger partial charge in [0.15, 0.2) is 0 Å². The second kappa shape index (κ2) is 9.15. The van der Waals surface area contributed by atoms with E-state index in [-0.39, 0.29) is 0 Å². The van der Waals surface area contributed by atoms with Crippen LogP contribution in [-0.4, -0.2) is 14.7 Å². The first-order chi connectivity index (χ1) is 8.75. The van der Waals surface area contributed by atoms with Crippen molar-refractivity contribution in [2.45, 2.75) is 77.9 Å². The van der Waals surface area contributed by atoms with E-state index in [1.54, 1.807) is 13.1 Å². The van der Waals surface area contributed by atoms with Crippen LogP contribution in [0.3, 0.4) is 0 Å². The van der Waals surface area contributed by atoms with Gasteiger partial charge < -0.3 is 9.67 Å². The maximum Gasteiger partial charge on any atom is 0.137 e. The normalized spacial score (nSPS) is 12.8. The molecule has 104 valence electrons. The highest BCUT2D eigenvalue weighted by Crippen LogP contribution is 2.12. The molecule has 0 aromatic carbocycles. The Kier molecular flexibility index (Phi) is 7.74. The molecule has 0 aliphatic rings. The van der Waals surface area contributed by atoms with Crippen LogP contribution < -0.4 is 0 Å². The molecule has 1 rings (SSSR count). The van der Waals surface area contributed by atoms with Crippen molar-refractivity contribution >= 4 is 0 Å². The van der Waals surface area contributed by atoms with Crippen LogP contribution in [0.2, 0.25) is 0 Å². The van der Waals surface area contributed by atoms with Crippen LogP contribution in [0, 0.1) is 0 Å². The second-order valence-electron chi connectivity index (χ2n) is 5.13. The first kappa shape index (κ1) is 15.2. The standard InChI is InChI=1S/C15H28N2O/c1-3-4-5-6-7-8-9-10-12-17-13-11-16-15(17)14(2)18/h11,13-14,18H,3-10,12H2,1-2H3. The fourth-order valence-electron chi connectivity index (χ4n) is 2.29. The Morgan fingerprint density at radius 3 is 2.33 bits per heavy atom. The van der Waals surface area contributed by atoms with Gasteiger partial charge in [0, 0.05) is 18.9 Å². The molecule has 0 fully saturated rings. The summed E-state index contributed by atoms with van der Waals surface area (Å²) in [5, 5.41) is 9.53. The predicted octanol–water partition coefficient (Wildman–Crippen LogP) is 4.08. The van der Waals surface area contributed by atoms with Crippen LogP contribution in [0.15, 0.2) is 12.4 Å². The van der Waals surface area contributed by atoms with Crippen molar-refractivity contribution < 1.29 is 5.11 Å². The van der Waals surface area contributed by atoms with Crippen molar-refractivity contribution in [1.82, 2.24) is 9.55 Å². The van der Waals surface area contributed by atoms with E-state index in [1.165, 1.54) is 51.4 Å². The summed E-state index contributed by atoms with van der Waals surface area (Å²) in [6.07, 6.45) is 13.9. The molecule has 3 nitrogen and oxygen atoms in total. The summed E-state index contributed by atoms with van der Waals surface area (Å²) in [7, 11) is 0. The fourth-order valence-corrected chi connectivity index (χ4v) is 2.29. The van der Waals surface area contributed by atoms with E-state index in [2.05, 4.69) is 16.5 Å². The van der Waals surface area contributed by atoms with E-state index < -0.39 is 6.10 Å². The van der Waals surface area contributed by atoms with Gasteiger partial charge in [-0.15, -0.1) is 0 Å². The molecule has 1 aromatic heterocycles. The van der Waals surface area contributed by atoms with Gasteiger partial charge in [-0.3, -0.25) is 0 Å². The van der Waals surface area contributed by atoms with E-state index in [4.69, 9.17) is 0 Å². The summed E-state index contributed by atoms with van der Waals surface area (Å²) in [5.41, 5.74) is 0. The van der Waals surface area contributed by atoms with Crippen LogP contribution in [0.4, 0.5) is 0 Å². The Hall–Kier alpha value is -0.830. The van der Waals surface area contributed by atoms with Gasteiger partial charge in [0.05, 0.1) is 0 Å². The minimum Gasteiger partial charge on any atom is -0.385 e. The van der Waals surface area contributed by atoms with Gasteiger partial charge >= 0.3 is 0 Å². The van der Waals surface area contributed by atoms with Gasteiger partial charge in [-0.25, -0.2) is 4.98 Å². The van der Waals surface area contributed by atoms with Crippen molar-refractivity contribution in [2.24, 2.45) is 0 Å². The summed E-state index contributed by atoms with van der Waals surface area (Å²) in [6, 6.07) is 0. The number of hydrogen-bond acceptors (Lipinski definition) is 2. The third-order valence-corrected chi connectivity index (χ3v) is 3.37. The number of aliphatic hydroxyl groups excluding tert-OH is 1. The van der Waals surface area contributed by atoms with Crippen LogP contribution in [0.1, 0.15) is 77.1 Å². The summed E-state index contributed by atoms with van der Waals surface area (Å²) in [4.78, 5) is 4.18. The Morgan fingerprint density at radius 2 is 1.72 bits per heavy atom. The zero-order valence-corrected chi connectivity index (χ0v) is 11.9.